The summed E-state index contributed by atoms with van der Waals surface area (Å²) in [6, 6.07) is 19.8. The molecule has 0 fully saturated rings. The van der Waals surface area contributed by atoms with E-state index in [-0.39, 0.29) is 17.9 Å². The number of nitro benzene ring substituents is 1. The van der Waals surface area contributed by atoms with Crippen LogP contribution < -0.4 is 19.5 Å². The van der Waals surface area contributed by atoms with Gasteiger partial charge >= 0.3 is 0 Å². The van der Waals surface area contributed by atoms with Crippen molar-refractivity contribution in [1.82, 2.24) is 0 Å². The molecule has 3 aromatic rings. The summed E-state index contributed by atoms with van der Waals surface area (Å²) in [5.74, 6) is 1.01. The first-order chi connectivity index (χ1) is 16.9. The second-order valence-electron chi connectivity index (χ2n) is 7.20. The van der Waals surface area contributed by atoms with Crippen LogP contribution in [0.25, 0.3) is 6.08 Å². The maximum absolute atomic E-state index is 12.6. The van der Waals surface area contributed by atoms with Gasteiger partial charge in [-0.15, -0.1) is 0 Å². The van der Waals surface area contributed by atoms with Gasteiger partial charge in [-0.2, -0.15) is 5.26 Å². The Morgan fingerprint density at radius 1 is 1.06 bits per heavy atom. The second kappa shape index (κ2) is 11.9. The second-order valence-corrected chi connectivity index (χ2v) is 7.20. The fourth-order valence-corrected chi connectivity index (χ4v) is 3.06. The van der Waals surface area contributed by atoms with Crippen molar-refractivity contribution in [2.24, 2.45) is 0 Å². The van der Waals surface area contributed by atoms with E-state index >= 15 is 0 Å². The van der Waals surface area contributed by atoms with E-state index < -0.39 is 10.8 Å². The third kappa shape index (κ3) is 6.82. The molecule has 0 radical (unpaired) electrons. The Labute approximate surface area is 202 Å². The number of hydrogen-bond acceptors (Lipinski definition) is 7. The van der Waals surface area contributed by atoms with Gasteiger partial charge in [0.1, 0.15) is 24.0 Å². The summed E-state index contributed by atoms with van der Waals surface area (Å²) >= 11 is 0. The standard InChI is InChI=1S/C26H23N3O6/c1-3-34-25-15-19(6-13-24(25)35-17-18-4-9-22(10-5-18)29(31)32)14-20(16-27)26(30)28-21-7-11-23(33-2)12-8-21/h4-15H,3,17H2,1-2H3,(H,28,30)/b20-14-. The molecule has 0 aliphatic heterocycles. The number of nitriles is 1. The molecular weight excluding hydrogens is 450 g/mol. The zero-order valence-electron chi connectivity index (χ0n) is 19.2. The molecule has 0 heterocycles. The minimum atomic E-state index is -0.547. The van der Waals surface area contributed by atoms with E-state index in [4.69, 9.17) is 14.2 Å². The lowest BCUT2D eigenvalue weighted by Gasteiger charge is -2.13. The van der Waals surface area contributed by atoms with E-state index in [0.29, 0.717) is 35.1 Å². The molecule has 178 valence electrons. The number of rotatable bonds is 10. The molecule has 0 aliphatic rings. The number of non-ortho nitro benzene ring substituents is 1. The monoisotopic (exact) mass is 473 g/mol. The minimum Gasteiger partial charge on any atom is -0.497 e. The molecule has 9 nitrogen and oxygen atoms in total. The van der Waals surface area contributed by atoms with E-state index in [2.05, 4.69) is 5.32 Å². The Kier molecular flexibility index (Phi) is 8.40. The summed E-state index contributed by atoms with van der Waals surface area (Å²) in [5, 5.41) is 23.0. The molecule has 0 atom stereocenters. The summed E-state index contributed by atoms with van der Waals surface area (Å²) in [4.78, 5) is 22.9. The first kappa shape index (κ1) is 24.8. The van der Waals surface area contributed by atoms with Gasteiger partial charge in [0.25, 0.3) is 11.6 Å². The number of amides is 1. The average Bonchev–Trinajstić information content (AvgIpc) is 2.87. The van der Waals surface area contributed by atoms with Crippen molar-refractivity contribution in [1.29, 1.82) is 5.26 Å². The van der Waals surface area contributed by atoms with E-state index in [0.717, 1.165) is 5.56 Å². The van der Waals surface area contributed by atoms with Crippen LogP contribution in [0.3, 0.4) is 0 Å². The van der Waals surface area contributed by atoms with Crippen molar-refractivity contribution in [3.8, 4) is 23.3 Å². The number of anilines is 1. The lowest BCUT2D eigenvalue weighted by atomic mass is 10.1. The normalized spacial score (nSPS) is 10.7. The largest absolute Gasteiger partial charge is 0.497 e. The van der Waals surface area contributed by atoms with Crippen LogP contribution in [0.4, 0.5) is 11.4 Å². The molecule has 0 bridgehead atoms. The highest BCUT2D eigenvalue weighted by Crippen LogP contribution is 2.30. The Bertz CT molecular complexity index is 1260. The summed E-state index contributed by atoms with van der Waals surface area (Å²) in [5.41, 5.74) is 1.79. The smallest absolute Gasteiger partial charge is 0.269 e. The number of methoxy groups -OCH3 is 1. The maximum atomic E-state index is 12.6. The highest BCUT2D eigenvalue weighted by Gasteiger charge is 2.12. The average molecular weight is 473 g/mol. The van der Waals surface area contributed by atoms with Crippen LogP contribution >= 0.6 is 0 Å². The van der Waals surface area contributed by atoms with Crippen molar-refractivity contribution in [2.75, 3.05) is 19.0 Å². The Balaban J connectivity index is 1.74. The Hall–Kier alpha value is -4.84. The Morgan fingerprint density at radius 3 is 2.37 bits per heavy atom. The summed E-state index contributed by atoms with van der Waals surface area (Å²) < 4.78 is 16.6. The summed E-state index contributed by atoms with van der Waals surface area (Å²) in [6.07, 6.45) is 1.46. The molecule has 9 heteroatoms. The first-order valence-corrected chi connectivity index (χ1v) is 10.6. The van der Waals surface area contributed by atoms with Gasteiger partial charge in [0, 0.05) is 17.8 Å². The van der Waals surface area contributed by atoms with Gasteiger partial charge in [0.05, 0.1) is 18.6 Å². The van der Waals surface area contributed by atoms with Crippen LogP contribution in [0.5, 0.6) is 17.2 Å². The lowest BCUT2D eigenvalue weighted by molar-refractivity contribution is -0.384. The van der Waals surface area contributed by atoms with Crippen molar-refractivity contribution in [3.63, 3.8) is 0 Å². The molecule has 35 heavy (non-hydrogen) atoms. The number of benzene rings is 3. The molecule has 1 N–H and O–H groups in total. The van der Waals surface area contributed by atoms with Gasteiger partial charge < -0.3 is 19.5 Å². The molecule has 0 saturated heterocycles. The molecule has 3 aromatic carbocycles. The number of nitrogens with zero attached hydrogens (tertiary/aromatic N) is 2. The molecule has 3 rings (SSSR count). The molecule has 0 saturated carbocycles. The number of nitro groups is 1. The van der Waals surface area contributed by atoms with E-state index in [1.165, 1.54) is 18.2 Å². The number of carbonyl (C=O) groups excluding carboxylic acids is 1. The van der Waals surface area contributed by atoms with Crippen molar-refractivity contribution < 1.29 is 23.9 Å². The van der Waals surface area contributed by atoms with Gasteiger partial charge in [-0.1, -0.05) is 6.07 Å². The van der Waals surface area contributed by atoms with Gasteiger partial charge in [-0.25, -0.2) is 0 Å². The number of carbonyl (C=O) groups is 1. The van der Waals surface area contributed by atoms with Gasteiger partial charge in [-0.3, -0.25) is 14.9 Å². The quantitative estimate of drug-likeness (QED) is 0.187. The maximum Gasteiger partial charge on any atom is 0.269 e. The number of ether oxygens (including phenoxy) is 3. The molecule has 1 amide bonds. The van der Waals surface area contributed by atoms with Crippen LogP contribution in [0.15, 0.2) is 72.3 Å². The third-order valence-electron chi connectivity index (χ3n) is 4.83. The predicted octanol–water partition coefficient (Wildman–Crippen LogP) is 5.13. The molecular formula is C26H23N3O6. The molecule has 0 unspecified atom stereocenters. The summed E-state index contributed by atoms with van der Waals surface area (Å²) in [6.45, 7) is 2.39. The minimum absolute atomic E-state index is 0.00391. The van der Waals surface area contributed by atoms with Gasteiger partial charge in [0.2, 0.25) is 0 Å². The van der Waals surface area contributed by atoms with E-state index in [9.17, 15) is 20.2 Å². The van der Waals surface area contributed by atoms with Crippen molar-refractivity contribution >= 4 is 23.4 Å². The third-order valence-corrected chi connectivity index (χ3v) is 4.83. The summed E-state index contributed by atoms with van der Waals surface area (Å²) in [7, 11) is 1.55. The first-order valence-electron chi connectivity index (χ1n) is 10.6. The number of hydrogen-bond donors (Lipinski definition) is 1. The zero-order valence-corrected chi connectivity index (χ0v) is 19.2. The van der Waals surface area contributed by atoms with E-state index in [1.54, 1.807) is 61.7 Å². The Morgan fingerprint density at radius 2 is 1.77 bits per heavy atom. The SMILES string of the molecule is CCOc1cc(/C=C(/C#N)C(=O)Nc2ccc(OC)cc2)ccc1OCc1ccc([N+](=O)[O-])cc1. The topological polar surface area (TPSA) is 124 Å². The highest BCUT2D eigenvalue weighted by molar-refractivity contribution is 6.09. The van der Waals surface area contributed by atoms with Crippen LogP contribution in [-0.4, -0.2) is 24.5 Å². The molecule has 0 aromatic heterocycles. The van der Waals surface area contributed by atoms with Crippen molar-refractivity contribution in [3.05, 3.63) is 93.5 Å². The van der Waals surface area contributed by atoms with Crippen molar-refractivity contribution in [2.45, 2.75) is 13.5 Å². The predicted molar refractivity (Wildman–Crippen MR) is 130 cm³/mol. The molecule has 0 aliphatic carbocycles. The fraction of sp³-hybridized carbons (Fsp3) is 0.154. The van der Waals surface area contributed by atoms with Gasteiger partial charge in [0.15, 0.2) is 11.5 Å². The molecule has 0 spiro atoms. The highest BCUT2D eigenvalue weighted by atomic mass is 16.6. The van der Waals surface area contributed by atoms with Crippen LogP contribution in [0.1, 0.15) is 18.1 Å². The fourth-order valence-electron chi connectivity index (χ4n) is 3.06. The number of nitrogens with one attached hydrogen (secondary N) is 1. The van der Waals surface area contributed by atoms with Crippen LogP contribution in [-0.2, 0) is 11.4 Å². The van der Waals surface area contributed by atoms with Crippen LogP contribution in [0, 0.1) is 21.4 Å². The van der Waals surface area contributed by atoms with Gasteiger partial charge in [-0.05, 0) is 72.7 Å². The van der Waals surface area contributed by atoms with Crippen LogP contribution in [0.2, 0.25) is 0 Å². The van der Waals surface area contributed by atoms with E-state index in [1.807, 2.05) is 13.0 Å². The lowest BCUT2D eigenvalue weighted by Crippen LogP contribution is -2.13. The zero-order chi connectivity index (χ0) is 25.2.